The van der Waals surface area contributed by atoms with Gasteiger partial charge in [-0.2, -0.15) is 0 Å². The van der Waals surface area contributed by atoms with Gasteiger partial charge in [0.1, 0.15) is 11.6 Å². The number of nitrogens with one attached hydrogen (secondary N) is 2. The molecule has 0 unspecified atom stereocenters. The third kappa shape index (κ3) is 10.7. The van der Waals surface area contributed by atoms with E-state index in [0.717, 1.165) is 50.7 Å². The number of rotatable bonds is 9. The third-order valence-electron chi connectivity index (χ3n) is 4.15. The Hall–Kier alpha value is -1.24. The number of carbonyl (C=O) groups excluding carboxylic acids is 3. The zero-order valence-corrected chi connectivity index (χ0v) is 17.4. The number of unbranched alkanes of at least 4 members (excludes halogenated alkanes) is 2. The smallest absolute Gasteiger partial charge is 0.408 e. The molecule has 1 aliphatic rings. The molecule has 1 rings (SSSR count). The zero-order chi connectivity index (χ0) is 19.6. The summed E-state index contributed by atoms with van der Waals surface area (Å²) in [4.78, 5) is 35.6. The van der Waals surface area contributed by atoms with Gasteiger partial charge < -0.3 is 15.4 Å². The van der Waals surface area contributed by atoms with E-state index in [0.29, 0.717) is 6.42 Å². The number of ether oxygens (including phenoxy) is 1. The Balaban J connectivity index is 2.46. The summed E-state index contributed by atoms with van der Waals surface area (Å²) in [6.45, 7) is 6.96. The van der Waals surface area contributed by atoms with E-state index in [1.807, 2.05) is 0 Å². The lowest BCUT2D eigenvalue weighted by Crippen LogP contribution is -2.50. The van der Waals surface area contributed by atoms with Gasteiger partial charge in [0.15, 0.2) is 5.12 Å². The molecule has 2 amide bonds. The van der Waals surface area contributed by atoms with E-state index >= 15 is 0 Å². The minimum absolute atomic E-state index is 0.124. The number of hydrogen-bond donors (Lipinski definition) is 2. The van der Waals surface area contributed by atoms with Crippen LogP contribution in [0.15, 0.2) is 0 Å². The summed E-state index contributed by atoms with van der Waals surface area (Å²) in [6, 6.07) is -0.358. The highest BCUT2D eigenvalue weighted by Crippen LogP contribution is 2.18. The molecule has 0 aliphatic heterocycles. The minimum atomic E-state index is -0.597. The fourth-order valence-electron chi connectivity index (χ4n) is 2.93. The van der Waals surface area contributed by atoms with Gasteiger partial charge >= 0.3 is 6.09 Å². The second kappa shape index (κ2) is 11.5. The standard InChI is InChI=1S/C19H34N2O4S/c1-14(22)26-13-9-5-6-12-16(21-18(24)25-19(2,3)4)17(23)20-15-10-7-8-11-15/h15-16H,5-13H2,1-4H3,(H,20,23)(H,21,24)/t16-/m0/s1. The maximum Gasteiger partial charge on any atom is 0.408 e. The monoisotopic (exact) mass is 386 g/mol. The highest BCUT2D eigenvalue weighted by atomic mass is 32.2. The maximum atomic E-state index is 12.6. The first-order valence-corrected chi connectivity index (χ1v) is 10.6. The molecule has 0 radical (unpaired) electrons. The second-order valence-electron chi connectivity index (χ2n) is 7.88. The Morgan fingerprint density at radius 1 is 1.12 bits per heavy atom. The fourth-order valence-corrected chi connectivity index (χ4v) is 3.57. The lowest BCUT2D eigenvalue weighted by atomic mass is 10.1. The van der Waals surface area contributed by atoms with Crippen LogP contribution in [0, 0.1) is 0 Å². The molecule has 0 aromatic heterocycles. The van der Waals surface area contributed by atoms with Crippen LogP contribution in [-0.2, 0) is 14.3 Å². The van der Waals surface area contributed by atoms with Crippen molar-refractivity contribution in [3.8, 4) is 0 Å². The van der Waals surface area contributed by atoms with Crippen molar-refractivity contribution in [1.82, 2.24) is 10.6 Å². The van der Waals surface area contributed by atoms with E-state index in [9.17, 15) is 14.4 Å². The Kier molecular flexibility index (Phi) is 10.1. The molecule has 0 aromatic carbocycles. The number of hydrogen-bond acceptors (Lipinski definition) is 5. The second-order valence-corrected chi connectivity index (χ2v) is 9.15. The van der Waals surface area contributed by atoms with Crippen LogP contribution in [0.4, 0.5) is 4.79 Å². The van der Waals surface area contributed by atoms with Crippen molar-refractivity contribution in [2.45, 2.75) is 96.7 Å². The summed E-state index contributed by atoms with van der Waals surface area (Å²) in [7, 11) is 0. The molecule has 6 nitrogen and oxygen atoms in total. The van der Waals surface area contributed by atoms with E-state index in [2.05, 4.69) is 10.6 Å². The van der Waals surface area contributed by atoms with Crippen molar-refractivity contribution in [3.63, 3.8) is 0 Å². The molecular formula is C19H34N2O4S. The Bertz CT molecular complexity index is 471. The number of thioether (sulfide) groups is 1. The summed E-state index contributed by atoms with van der Waals surface area (Å²) in [5, 5.41) is 5.91. The maximum absolute atomic E-state index is 12.6. The summed E-state index contributed by atoms with van der Waals surface area (Å²) in [6.07, 6.45) is 6.97. The molecule has 0 aromatic rings. The molecule has 0 saturated heterocycles. The molecule has 150 valence electrons. The van der Waals surface area contributed by atoms with Crippen LogP contribution >= 0.6 is 11.8 Å². The van der Waals surface area contributed by atoms with Gasteiger partial charge in [-0.05, 0) is 46.5 Å². The number of amides is 2. The van der Waals surface area contributed by atoms with E-state index in [-0.39, 0.29) is 17.1 Å². The van der Waals surface area contributed by atoms with E-state index in [1.165, 1.54) is 11.8 Å². The summed E-state index contributed by atoms with van der Waals surface area (Å²) >= 11 is 1.33. The van der Waals surface area contributed by atoms with Crippen LogP contribution in [-0.4, -0.2) is 40.6 Å². The average Bonchev–Trinajstić information content (AvgIpc) is 3.00. The lowest BCUT2D eigenvalue weighted by molar-refractivity contribution is -0.124. The fraction of sp³-hybridized carbons (Fsp3) is 0.842. The van der Waals surface area contributed by atoms with Crippen LogP contribution in [0.25, 0.3) is 0 Å². The predicted octanol–water partition coefficient (Wildman–Crippen LogP) is 3.78. The van der Waals surface area contributed by atoms with Gasteiger partial charge in [0.2, 0.25) is 5.91 Å². The van der Waals surface area contributed by atoms with Crippen molar-refractivity contribution >= 4 is 28.9 Å². The lowest BCUT2D eigenvalue weighted by Gasteiger charge is -2.24. The Morgan fingerprint density at radius 3 is 2.35 bits per heavy atom. The summed E-state index contributed by atoms with van der Waals surface area (Å²) in [5.41, 5.74) is -0.597. The molecule has 1 fully saturated rings. The highest BCUT2D eigenvalue weighted by molar-refractivity contribution is 8.13. The first-order chi connectivity index (χ1) is 12.2. The SMILES string of the molecule is CC(=O)SCCCCC[C@H](NC(=O)OC(C)(C)C)C(=O)NC1CCCC1. The van der Waals surface area contributed by atoms with Crippen LogP contribution in [0.5, 0.6) is 0 Å². The molecule has 1 atom stereocenters. The van der Waals surface area contributed by atoms with Crippen molar-refractivity contribution < 1.29 is 19.1 Å². The minimum Gasteiger partial charge on any atom is -0.444 e. The molecule has 0 spiro atoms. The van der Waals surface area contributed by atoms with Crippen LogP contribution in [0.1, 0.15) is 79.1 Å². The van der Waals surface area contributed by atoms with Gasteiger partial charge in [-0.15, -0.1) is 0 Å². The number of carbonyl (C=O) groups is 3. The quantitative estimate of drug-likeness (QED) is 0.589. The topological polar surface area (TPSA) is 84.5 Å². The summed E-state index contributed by atoms with van der Waals surface area (Å²) < 4.78 is 5.29. The van der Waals surface area contributed by atoms with Gasteiger partial charge in [-0.1, -0.05) is 37.4 Å². The molecular weight excluding hydrogens is 352 g/mol. The zero-order valence-electron chi connectivity index (χ0n) is 16.6. The van der Waals surface area contributed by atoms with Gasteiger partial charge in [0.25, 0.3) is 0 Å². The largest absolute Gasteiger partial charge is 0.444 e. The average molecular weight is 387 g/mol. The van der Waals surface area contributed by atoms with Crippen LogP contribution in [0.3, 0.4) is 0 Å². The van der Waals surface area contributed by atoms with E-state index in [4.69, 9.17) is 4.74 Å². The molecule has 1 aliphatic carbocycles. The van der Waals surface area contributed by atoms with Gasteiger partial charge in [0, 0.05) is 18.7 Å². The van der Waals surface area contributed by atoms with Gasteiger partial charge in [0.05, 0.1) is 0 Å². The Labute approximate surface area is 161 Å². The van der Waals surface area contributed by atoms with Crippen LogP contribution in [0.2, 0.25) is 0 Å². The molecule has 0 bridgehead atoms. The van der Waals surface area contributed by atoms with Crippen molar-refractivity contribution in [3.05, 3.63) is 0 Å². The molecule has 0 heterocycles. The Morgan fingerprint density at radius 2 is 1.77 bits per heavy atom. The molecule has 7 heteroatoms. The molecule has 26 heavy (non-hydrogen) atoms. The van der Waals surface area contributed by atoms with Crippen molar-refractivity contribution in [2.75, 3.05) is 5.75 Å². The normalized spacial score (nSPS) is 16.2. The van der Waals surface area contributed by atoms with Crippen LogP contribution < -0.4 is 10.6 Å². The van der Waals surface area contributed by atoms with Gasteiger partial charge in [-0.3, -0.25) is 9.59 Å². The van der Waals surface area contributed by atoms with Crippen molar-refractivity contribution in [1.29, 1.82) is 0 Å². The van der Waals surface area contributed by atoms with E-state index < -0.39 is 17.7 Å². The predicted molar refractivity (Wildman–Crippen MR) is 105 cm³/mol. The highest BCUT2D eigenvalue weighted by Gasteiger charge is 2.26. The van der Waals surface area contributed by atoms with Gasteiger partial charge in [-0.25, -0.2) is 4.79 Å². The molecule has 2 N–H and O–H groups in total. The number of alkyl carbamates (subject to hydrolysis) is 1. The summed E-state index contributed by atoms with van der Waals surface area (Å²) in [5.74, 6) is 0.675. The molecule has 1 saturated carbocycles. The first kappa shape index (κ1) is 22.8. The third-order valence-corrected chi connectivity index (χ3v) is 5.05. The van der Waals surface area contributed by atoms with Crippen molar-refractivity contribution in [2.24, 2.45) is 0 Å². The first-order valence-electron chi connectivity index (χ1n) is 9.60. The van der Waals surface area contributed by atoms with E-state index in [1.54, 1.807) is 27.7 Å².